The molecule has 0 aliphatic carbocycles. The van der Waals surface area contributed by atoms with E-state index in [1.54, 1.807) is 18.3 Å². The molecule has 3 aromatic rings. The molecule has 158 valence electrons. The van der Waals surface area contributed by atoms with Gasteiger partial charge in [0, 0.05) is 30.5 Å². The third-order valence-corrected chi connectivity index (χ3v) is 5.24. The van der Waals surface area contributed by atoms with Gasteiger partial charge in [0.2, 0.25) is 5.91 Å². The number of ether oxygens (including phenoxy) is 1. The Bertz CT molecular complexity index is 1040. The number of hydrogen-bond acceptors (Lipinski definition) is 6. The molecule has 0 aliphatic heterocycles. The summed E-state index contributed by atoms with van der Waals surface area (Å²) in [6.45, 7) is 0.560. The van der Waals surface area contributed by atoms with Crippen LogP contribution in [0.15, 0.2) is 60.8 Å². The molecule has 1 aromatic heterocycles. The van der Waals surface area contributed by atoms with Crippen LogP contribution in [0.4, 0.5) is 9.93 Å². The number of alkyl carbamates (subject to hydrolysis) is 1. The highest BCUT2D eigenvalue weighted by molar-refractivity contribution is 7.15. The number of rotatable bonds is 9. The van der Waals surface area contributed by atoms with Crippen LogP contribution in [0.5, 0.6) is 0 Å². The monoisotopic (exact) mass is 434 g/mol. The van der Waals surface area contributed by atoms with Crippen LogP contribution in [-0.4, -0.2) is 23.5 Å². The summed E-state index contributed by atoms with van der Waals surface area (Å²) >= 11 is 1.42. The topological polar surface area (TPSA) is 104 Å². The van der Waals surface area contributed by atoms with Crippen molar-refractivity contribution in [2.45, 2.75) is 25.9 Å². The average Bonchev–Trinajstić information content (AvgIpc) is 3.23. The van der Waals surface area contributed by atoms with Gasteiger partial charge in [-0.3, -0.25) is 4.79 Å². The average molecular weight is 435 g/mol. The van der Waals surface area contributed by atoms with Crippen LogP contribution in [0, 0.1) is 11.3 Å². The first-order chi connectivity index (χ1) is 15.1. The third kappa shape index (κ3) is 7.57. The molecular weight excluding hydrogens is 412 g/mol. The van der Waals surface area contributed by atoms with Crippen molar-refractivity contribution in [3.8, 4) is 6.07 Å². The highest BCUT2D eigenvalue weighted by Gasteiger charge is 2.08. The fraction of sp³-hybridized carbons (Fsp3) is 0.217. The lowest BCUT2D eigenvalue weighted by Gasteiger charge is -2.07. The van der Waals surface area contributed by atoms with Gasteiger partial charge in [-0.25, -0.2) is 9.78 Å². The SMILES string of the molecule is N#Cc1ccc(Cc2cnc(NC(=O)CCCNC(=O)OCc3ccccc3)s2)cc1. The van der Waals surface area contributed by atoms with Gasteiger partial charge in [-0.15, -0.1) is 11.3 Å². The summed E-state index contributed by atoms with van der Waals surface area (Å²) in [5.74, 6) is -0.154. The second-order valence-electron chi connectivity index (χ2n) is 6.76. The van der Waals surface area contributed by atoms with Crippen molar-refractivity contribution in [1.82, 2.24) is 10.3 Å². The Hall–Kier alpha value is -3.70. The molecule has 0 radical (unpaired) electrons. The van der Waals surface area contributed by atoms with Crippen LogP contribution in [0.1, 0.15) is 34.4 Å². The second kappa shape index (κ2) is 11.5. The molecule has 0 fully saturated rings. The van der Waals surface area contributed by atoms with E-state index >= 15 is 0 Å². The largest absolute Gasteiger partial charge is 0.445 e. The predicted octanol–water partition coefficient (Wildman–Crippen LogP) is 4.25. The van der Waals surface area contributed by atoms with Crippen LogP contribution in [0.25, 0.3) is 0 Å². The van der Waals surface area contributed by atoms with Gasteiger partial charge in [-0.1, -0.05) is 42.5 Å². The number of aromatic nitrogens is 1. The Balaban J connectivity index is 1.32. The van der Waals surface area contributed by atoms with Gasteiger partial charge in [-0.2, -0.15) is 5.26 Å². The Morgan fingerprint density at radius 3 is 2.58 bits per heavy atom. The Labute approximate surface area is 184 Å². The summed E-state index contributed by atoms with van der Waals surface area (Å²) in [4.78, 5) is 29.0. The quantitative estimate of drug-likeness (QED) is 0.490. The summed E-state index contributed by atoms with van der Waals surface area (Å²) < 4.78 is 5.12. The minimum atomic E-state index is -0.503. The first-order valence-electron chi connectivity index (χ1n) is 9.80. The Morgan fingerprint density at radius 2 is 1.84 bits per heavy atom. The number of hydrogen-bond donors (Lipinski definition) is 2. The molecule has 2 amide bonds. The van der Waals surface area contributed by atoms with Crippen LogP contribution in [-0.2, 0) is 22.6 Å². The fourth-order valence-electron chi connectivity index (χ4n) is 2.74. The minimum absolute atomic E-state index is 0.154. The van der Waals surface area contributed by atoms with Crippen LogP contribution in [0.2, 0.25) is 0 Å². The van der Waals surface area contributed by atoms with Crippen molar-refractivity contribution in [3.63, 3.8) is 0 Å². The first kappa shape index (κ1) is 22.0. The third-order valence-electron chi connectivity index (χ3n) is 4.32. The summed E-state index contributed by atoms with van der Waals surface area (Å²) in [6.07, 6.45) is 2.69. The molecular formula is C23H22N4O3S. The maximum atomic E-state index is 12.1. The van der Waals surface area contributed by atoms with E-state index in [1.165, 1.54) is 11.3 Å². The molecule has 0 saturated heterocycles. The van der Waals surface area contributed by atoms with Crippen molar-refractivity contribution < 1.29 is 14.3 Å². The van der Waals surface area contributed by atoms with Gasteiger partial charge < -0.3 is 15.4 Å². The van der Waals surface area contributed by atoms with Crippen molar-refractivity contribution in [3.05, 3.63) is 82.4 Å². The normalized spacial score (nSPS) is 10.2. The van der Waals surface area contributed by atoms with Gasteiger partial charge in [0.1, 0.15) is 6.61 Å². The zero-order chi connectivity index (χ0) is 21.9. The van der Waals surface area contributed by atoms with Gasteiger partial charge in [-0.05, 0) is 29.7 Å². The number of thiazole rings is 1. The summed E-state index contributed by atoms with van der Waals surface area (Å²) in [5.41, 5.74) is 2.62. The number of carbonyl (C=O) groups is 2. The van der Waals surface area contributed by atoms with E-state index in [9.17, 15) is 9.59 Å². The highest BCUT2D eigenvalue weighted by atomic mass is 32.1. The van der Waals surface area contributed by atoms with Crippen LogP contribution < -0.4 is 10.6 Å². The van der Waals surface area contributed by atoms with Gasteiger partial charge in [0.05, 0.1) is 11.6 Å². The Kier molecular flexibility index (Phi) is 8.14. The zero-order valence-electron chi connectivity index (χ0n) is 16.8. The van der Waals surface area contributed by atoms with Gasteiger partial charge >= 0.3 is 6.09 Å². The van der Waals surface area contributed by atoms with Crippen molar-refractivity contribution >= 4 is 28.5 Å². The van der Waals surface area contributed by atoms with E-state index in [1.807, 2.05) is 42.5 Å². The summed E-state index contributed by atoms with van der Waals surface area (Å²) in [6, 6.07) is 18.9. The number of nitriles is 1. The summed E-state index contributed by atoms with van der Waals surface area (Å²) in [5, 5.41) is 14.8. The smallest absolute Gasteiger partial charge is 0.407 e. The maximum absolute atomic E-state index is 12.1. The molecule has 3 rings (SSSR count). The number of anilines is 1. The van der Waals surface area contributed by atoms with Crippen molar-refractivity contribution in [2.75, 3.05) is 11.9 Å². The summed E-state index contributed by atoms with van der Waals surface area (Å²) in [7, 11) is 0. The molecule has 0 bridgehead atoms. The van der Waals surface area contributed by atoms with Crippen LogP contribution >= 0.6 is 11.3 Å². The van der Waals surface area contributed by atoms with Crippen LogP contribution in [0.3, 0.4) is 0 Å². The first-order valence-corrected chi connectivity index (χ1v) is 10.6. The standard InChI is InChI=1S/C23H22N4O3S/c24-14-18-10-8-17(9-11-18)13-20-15-26-22(31-20)27-21(28)7-4-12-25-23(29)30-16-19-5-2-1-3-6-19/h1-3,5-6,8-11,15H,4,7,12-13,16H2,(H,25,29)(H,26,27,28). The lowest BCUT2D eigenvalue weighted by molar-refractivity contribution is -0.116. The molecule has 2 aromatic carbocycles. The van der Waals surface area contributed by atoms with Gasteiger partial charge in [0.15, 0.2) is 5.13 Å². The highest BCUT2D eigenvalue weighted by Crippen LogP contribution is 2.21. The molecule has 0 saturated carbocycles. The molecule has 2 N–H and O–H groups in total. The lowest BCUT2D eigenvalue weighted by Crippen LogP contribution is -2.26. The van der Waals surface area contributed by atoms with E-state index in [0.29, 0.717) is 30.1 Å². The fourth-order valence-corrected chi connectivity index (χ4v) is 3.60. The maximum Gasteiger partial charge on any atom is 0.407 e. The van der Waals surface area contributed by atoms with E-state index in [4.69, 9.17) is 10.00 Å². The van der Waals surface area contributed by atoms with E-state index in [2.05, 4.69) is 21.7 Å². The second-order valence-corrected chi connectivity index (χ2v) is 7.87. The molecule has 0 atom stereocenters. The molecule has 0 spiro atoms. The Morgan fingerprint density at radius 1 is 1.06 bits per heavy atom. The molecule has 0 unspecified atom stereocenters. The van der Waals surface area contributed by atoms with E-state index in [0.717, 1.165) is 16.0 Å². The molecule has 7 nitrogen and oxygen atoms in total. The van der Waals surface area contributed by atoms with Crippen molar-refractivity contribution in [2.24, 2.45) is 0 Å². The molecule has 31 heavy (non-hydrogen) atoms. The van der Waals surface area contributed by atoms with E-state index in [-0.39, 0.29) is 18.9 Å². The lowest BCUT2D eigenvalue weighted by atomic mass is 10.1. The molecule has 1 heterocycles. The number of nitrogens with one attached hydrogen (secondary N) is 2. The molecule has 0 aliphatic rings. The predicted molar refractivity (Wildman–Crippen MR) is 119 cm³/mol. The number of carbonyl (C=O) groups excluding carboxylic acids is 2. The van der Waals surface area contributed by atoms with Gasteiger partial charge in [0.25, 0.3) is 0 Å². The van der Waals surface area contributed by atoms with E-state index < -0.39 is 6.09 Å². The number of nitrogens with zero attached hydrogens (tertiary/aromatic N) is 2. The molecule has 8 heteroatoms. The van der Waals surface area contributed by atoms with Crippen molar-refractivity contribution in [1.29, 1.82) is 5.26 Å². The number of benzene rings is 2. The minimum Gasteiger partial charge on any atom is -0.445 e. The number of amides is 2. The zero-order valence-corrected chi connectivity index (χ0v) is 17.7.